The molecule has 1 rings (SSSR count). The standard InChI is InChI=1S/C13H21NO3/c1-16-9-7-14(8-10-17-2)11-12-3-5-13(15)6-4-12/h3-6,15H,7-11H2,1-2H3. The molecule has 17 heavy (non-hydrogen) atoms. The molecule has 1 N–H and O–H groups in total. The summed E-state index contributed by atoms with van der Waals surface area (Å²) in [7, 11) is 3.41. The quantitative estimate of drug-likeness (QED) is 0.746. The number of hydrogen-bond donors (Lipinski definition) is 1. The number of hydrogen-bond acceptors (Lipinski definition) is 4. The second-order valence-corrected chi connectivity index (χ2v) is 3.93. The fourth-order valence-corrected chi connectivity index (χ4v) is 1.57. The molecule has 1 aromatic carbocycles. The Morgan fingerprint density at radius 1 is 1.00 bits per heavy atom. The number of methoxy groups -OCH3 is 2. The van der Waals surface area contributed by atoms with E-state index in [1.807, 2.05) is 12.1 Å². The molecule has 0 fully saturated rings. The van der Waals surface area contributed by atoms with Gasteiger partial charge in [-0.2, -0.15) is 0 Å². The number of benzene rings is 1. The first-order valence-corrected chi connectivity index (χ1v) is 5.74. The maximum Gasteiger partial charge on any atom is 0.115 e. The van der Waals surface area contributed by atoms with Crippen LogP contribution in [0.5, 0.6) is 5.75 Å². The van der Waals surface area contributed by atoms with Gasteiger partial charge in [-0.1, -0.05) is 12.1 Å². The molecule has 0 aliphatic heterocycles. The van der Waals surface area contributed by atoms with Crippen LogP contribution in [0.15, 0.2) is 24.3 Å². The van der Waals surface area contributed by atoms with Gasteiger partial charge in [0.15, 0.2) is 0 Å². The Morgan fingerprint density at radius 2 is 1.53 bits per heavy atom. The van der Waals surface area contributed by atoms with E-state index in [1.54, 1.807) is 26.4 Å². The van der Waals surface area contributed by atoms with E-state index in [4.69, 9.17) is 9.47 Å². The zero-order chi connectivity index (χ0) is 12.5. The Kier molecular flexibility index (Phi) is 6.62. The van der Waals surface area contributed by atoms with E-state index in [9.17, 15) is 5.11 Å². The minimum absolute atomic E-state index is 0.300. The molecule has 0 amide bonds. The number of ether oxygens (including phenoxy) is 2. The van der Waals surface area contributed by atoms with Gasteiger partial charge in [-0.25, -0.2) is 0 Å². The normalized spacial score (nSPS) is 11.0. The molecule has 0 radical (unpaired) electrons. The van der Waals surface area contributed by atoms with E-state index in [2.05, 4.69) is 4.90 Å². The topological polar surface area (TPSA) is 41.9 Å². The van der Waals surface area contributed by atoms with Crippen LogP contribution in [-0.2, 0) is 16.0 Å². The van der Waals surface area contributed by atoms with Crippen LogP contribution in [0.25, 0.3) is 0 Å². The molecule has 0 heterocycles. The van der Waals surface area contributed by atoms with Crippen LogP contribution in [0, 0.1) is 0 Å². The highest BCUT2D eigenvalue weighted by Crippen LogP contribution is 2.11. The van der Waals surface area contributed by atoms with Gasteiger partial charge in [0.25, 0.3) is 0 Å². The lowest BCUT2D eigenvalue weighted by molar-refractivity contribution is 0.110. The number of nitrogens with zero attached hydrogens (tertiary/aromatic N) is 1. The molecule has 0 aliphatic carbocycles. The highest BCUT2D eigenvalue weighted by atomic mass is 16.5. The minimum atomic E-state index is 0.300. The summed E-state index contributed by atoms with van der Waals surface area (Å²) in [4.78, 5) is 2.26. The van der Waals surface area contributed by atoms with Crippen molar-refractivity contribution in [2.24, 2.45) is 0 Å². The molecule has 1 aromatic rings. The van der Waals surface area contributed by atoms with Crippen molar-refractivity contribution in [1.82, 2.24) is 4.90 Å². The Bertz CT molecular complexity index is 292. The third-order valence-corrected chi connectivity index (χ3v) is 2.57. The maximum atomic E-state index is 9.22. The lowest BCUT2D eigenvalue weighted by Crippen LogP contribution is -2.30. The second-order valence-electron chi connectivity index (χ2n) is 3.93. The van der Waals surface area contributed by atoms with Crippen molar-refractivity contribution in [2.45, 2.75) is 6.54 Å². The average molecular weight is 239 g/mol. The number of phenols is 1. The van der Waals surface area contributed by atoms with Crippen molar-refractivity contribution in [3.05, 3.63) is 29.8 Å². The van der Waals surface area contributed by atoms with Crippen LogP contribution in [-0.4, -0.2) is 50.5 Å². The lowest BCUT2D eigenvalue weighted by Gasteiger charge is -2.21. The van der Waals surface area contributed by atoms with Gasteiger partial charge in [0, 0.05) is 33.9 Å². The van der Waals surface area contributed by atoms with Gasteiger partial charge in [-0.3, -0.25) is 4.90 Å². The van der Waals surface area contributed by atoms with E-state index in [0.29, 0.717) is 19.0 Å². The molecule has 0 spiro atoms. The van der Waals surface area contributed by atoms with Crippen LogP contribution in [0.4, 0.5) is 0 Å². The summed E-state index contributed by atoms with van der Waals surface area (Å²) in [5.74, 6) is 0.300. The summed E-state index contributed by atoms with van der Waals surface area (Å²) >= 11 is 0. The summed E-state index contributed by atoms with van der Waals surface area (Å²) in [5, 5.41) is 9.22. The van der Waals surface area contributed by atoms with Gasteiger partial charge in [0.05, 0.1) is 13.2 Å². The van der Waals surface area contributed by atoms with E-state index in [0.717, 1.165) is 19.6 Å². The largest absolute Gasteiger partial charge is 0.508 e. The predicted molar refractivity (Wildman–Crippen MR) is 67.1 cm³/mol. The molecular formula is C13H21NO3. The van der Waals surface area contributed by atoms with E-state index in [1.165, 1.54) is 5.56 Å². The number of rotatable bonds is 8. The molecular weight excluding hydrogens is 218 g/mol. The van der Waals surface area contributed by atoms with Crippen LogP contribution < -0.4 is 0 Å². The number of phenolic OH excluding ortho intramolecular Hbond substituents is 1. The van der Waals surface area contributed by atoms with Crippen LogP contribution in [0.3, 0.4) is 0 Å². The van der Waals surface area contributed by atoms with Crippen LogP contribution >= 0.6 is 0 Å². The van der Waals surface area contributed by atoms with Crippen molar-refractivity contribution in [2.75, 3.05) is 40.5 Å². The highest BCUT2D eigenvalue weighted by Gasteiger charge is 2.05. The Balaban J connectivity index is 2.48. The van der Waals surface area contributed by atoms with E-state index >= 15 is 0 Å². The van der Waals surface area contributed by atoms with Crippen molar-refractivity contribution in [3.63, 3.8) is 0 Å². The molecule has 0 saturated heterocycles. The summed E-state index contributed by atoms with van der Waals surface area (Å²) in [6.07, 6.45) is 0. The van der Waals surface area contributed by atoms with E-state index < -0.39 is 0 Å². The van der Waals surface area contributed by atoms with Crippen molar-refractivity contribution < 1.29 is 14.6 Å². The maximum absolute atomic E-state index is 9.22. The van der Waals surface area contributed by atoms with Crippen molar-refractivity contribution in [3.8, 4) is 5.75 Å². The minimum Gasteiger partial charge on any atom is -0.508 e. The first kappa shape index (κ1) is 14.0. The van der Waals surface area contributed by atoms with Gasteiger partial charge in [0.1, 0.15) is 5.75 Å². The first-order chi connectivity index (χ1) is 8.26. The van der Waals surface area contributed by atoms with Crippen molar-refractivity contribution in [1.29, 1.82) is 0 Å². The second kappa shape index (κ2) is 8.06. The Morgan fingerprint density at radius 3 is 2.00 bits per heavy atom. The summed E-state index contributed by atoms with van der Waals surface area (Å²) < 4.78 is 10.2. The van der Waals surface area contributed by atoms with Gasteiger partial charge in [-0.05, 0) is 17.7 Å². The van der Waals surface area contributed by atoms with Gasteiger partial charge in [0.2, 0.25) is 0 Å². The third-order valence-electron chi connectivity index (χ3n) is 2.57. The average Bonchev–Trinajstić information content (AvgIpc) is 2.35. The highest BCUT2D eigenvalue weighted by molar-refractivity contribution is 5.25. The third kappa shape index (κ3) is 5.68. The van der Waals surface area contributed by atoms with Crippen LogP contribution in [0.2, 0.25) is 0 Å². The zero-order valence-corrected chi connectivity index (χ0v) is 10.6. The monoisotopic (exact) mass is 239 g/mol. The number of aromatic hydroxyl groups is 1. The molecule has 0 bridgehead atoms. The SMILES string of the molecule is COCCN(CCOC)Cc1ccc(O)cc1. The lowest BCUT2D eigenvalue weighted by atomic mass is 10.2. The molecule has 0 saturated carbocycles. The van der Waals surface area contributed by atoms with Crippen molar-refractivity contribution >= 4 is 0 Å². The van der Waals surface area contributed by atoms with Crippen LogP contribution in [0.1, 0.15) is 5.56 Å². The zero-order valence-electron chi connectivity index (χ0n) is 10.6. The summed E-state index contributed by atoms with van der Waals surface area (Å²) in [5.41, 5.74) is 1.18. The summed E-state index contributed by atoms with van der Waals surface area (Å²) in [6.45, 7) is 4.01. The molecule has 0 unspecified atom stereocenters. The summed E-state index contributed by atoms with van der Waals surface area (Å²) in [6, 6.07) is 7.28. The Hall–Kier alpha value is -1.10. The van der Waals surface area contributed by atoms with Gasteiger partial charge >= 0.3 is 0 Å². The molecule has 4 nitrogen and oxygen atoms in total. The molecule has 0 aromatic heterocycles. The Labute approximate surface area is 103 Å². The first-order valence-electron chi connectivity index (χ1n) is 5.74. The molecule has 96 valence electrons. The molecule has 0 aliphatic rings. The molecule has 4 heteroatoms. The van der Waals surface area contributed by atoms with Gasteiger partial charge < -0.3 is 14.6 Å². The van der Waals surface area contributed by atoms with E-state index in [-0.39, 0.29) is 0 Å². The fourth-order valence-electron chi connectivity index (χ4n) is 1.57. The smallest absolute Gasteiger partial charge is 0.115 e. The molecule has 0 atom stereocenters. The predicted octanol–water partition coefficient (Wildman–Crippen LogP) is 1.49. The fraction of sp³-hybridized carbons (Fsp3) is 0.538. The van der Waals surface area contributed by atoms with Gasteiger partial charge in [-0.15, -0.1) is 0 Å².